The van der Waals surface area contributed by atoms with E-state index in [2.05, 4.69) is 26.7 Å². The monoisotopic (exact) mass is 407 g/mol. The van der Waals surface area contributed by atoms with Gasteiger partial charge in [-0.25, -0.2) is 9.37 Å². The molecule has 8 heteroatoms. The van der Waals surface area contributed by atoms with Gasteiger partial charge in [0, 0.05) is 12.1 Å². The van der Waals surface area contributed by atoms with Crippen molar-refractivity contribution >= 4 is 22.7 Å². The van der Waals surface area contributed by atoms with Crippen LogP contribution in [0.5, 0.6) is 0 Å². The summed E-state index contributed by atoms with van der Waals surface area (Å²) in [6.45, 7) is 6.25. The third-order valence-electron chi connectivity index (χ3n) is 4.43. The summed E-state index contributed by atoms with van der Waals surface area (Å²) >= 11 is 1.43. The number of halogens is 1. The molecule has 0 amide bonds. The summed E-state index contributed by atoms with van der Waals surface area (Å²) < 4.78 is 15.2. The predicted molar refractivity (Wildman–Crippen MR) is 112 cm³/mol. The molecule has 0 aliphatic carbocycles. The van der Waals surface area contributed by atoms with Crippen molar-refractivity contribution in [2.45, 2.75) is 23.9 Å². The average molecular weight is 407 g/mol. The molecule has 0 spiro atoms. The lowest BCUT2D eigenvalue weighted by Crippen LogP contribution is -2.13. The van der Waals surface area contributed by atoms with E-state index < -0.39 is 0 Å². The maximum Gasteiger partial charge on any atom is 0.258 e. The molecule has 0 radical (unpaired) electrons. The summed E-state index contributed by atoms with van der Waals surface area (Å²) in [5.41, 5.74) is 1.24. The summed E-state index contributed by atoms with van der Waals surface area (Å²) in [7, 11) is 0. The quantitative estimate of drug-likeness (QED) is 0.380. The molecule has 2 aromatic carbocycles. The van der Waals surface area contributed by atoms with Crippen molar-refractivity contribution in [2.24, 2.45) is 0 Å². The van der Waals surface area contributed by atoms with Gasteiger partial charge in [0.15, 0.2) is 11.0 Å². The lowest BCUT2D eigenvalue weighted by molar-refractivity contribution is 0.628. The van der Waals surface area contributed by atoms with Gasteiger partial charge >= 0.3 is 0 Å². The van der Waals surface area contributed by atoms with Crippen LogP contribution in [0.25, 0.3) is 22.3 Å². The van der Waals surface area contributed by atoms with Crippen LogP contribution in [0.3, 0.4) is 0 Å². The van der Waals surface area contributed by atoms with Crippen LogP contribution in [-0.4, -0.2) is 24.7 Å². The minimum absolute atomic E-state index is 0.166. The Hall–Kier alpha value is -3.26. The van der Waals surface area contributed by atoms with Gasteiger partial charge in [-0.3, -0.25) is 9.36 Å². The van der Waals surface area contributed by atoms with E-state index in [1.54, 1.807) is 24.3 Å². The van der Waals surface area contributed by atoms with Crippen LogP contribution >= 0.6 is 11.8 Å². The number of aromatic nitrogens is 5. The smallest absolute Gasteiger partial charge is 0.258 e. The molecule has 0 saturated heterocycles. The summed E-state index contributed by atoms with van der Waals surface area (Å²) in [5, 5.41) is 9.63. The van der Waals surface area contributed by atoms with E-state index >= 15 is 0 Å². The Morgan fingerprint density at radius 2 is 1.97 bits per heavy atom. The van der Waals surface area contributed by atoms with E-state index in [1.807, 2.05) is 29.7 Å². The van der Waals surface area contributed by atoms with Crippen LogP contribution in [0.1, 0.15) is 18.0 Å². The third kappa shape index (κ3) is 3.84. The van der Waals surface area contributed by atoms with Crippen molar-refractivity contribution in [1.82, 2.24) is 24.7 Å². The van der Waals surface area contributed by atoms with Gasteiger partial charge in [0.25, 0.3) is 5.56 Å². The first-order chi connectivity index (χ1) is 14.1. The summed E-state index contributed by atoms with van der Waals surface area (Å²) in [5.74, 6) is 0.882. The van der Waals surface area contributed by atoms with E-state index in [1.165, 1.54) is 23.9 Å². The predicted octanol–water partition coefficient (Wildman–Crippen LogP) is 4.36. The molecule has 1 atom stereocenters. The molecule has 1 N–H and O–H groups in total. The highest BCUT2D eigenvalue weighted by molar-refractivity contribution is 7.99. The largest absolute Gasteiger partial charge is 0.309 e. The third-order valence-corrected chi connectivity index (χ3v) is 5.52. The first-order valence-electron chi connectivity index (χ1n) is 9.02. The second-order valence-corrected chi connectivity index (χ2v) is 7.75. The van der Waals surface area contributed by atoms with Crippen molar-refractivity contribution in [3.63, 3.8) is 0 Å². The molecule has 0 bridgehead atoms. The second kappa shape index (κ2) is 8.00. The highest BCUT2D eigenvalue weighted by Gasteiger charge is 2.19. The maximum atomic E-state index is 13.3. The Bertz CT molecular complexity index is 1230. The van der Waals surface area contributed by atoms with Gasteiger partial charge < -0.3 is 4.98 Å². The van der Waals surface area contributed by atoms with E-state index in [0.29, 0.717) is 34.3 Å². The first kappa shape index (κ1) is 19.1. The van der Waals surface area contributed by atoms with Crippen molar-refractivity contribution < 1.29 is 4.39 Å². The van der Waals surface area contributed by atoms with Gasteiger partial charge in [-0.2, -0.15) is 0 Å². The van der Waals surface area contributed by atoms with Gasteiger partial charge in [0.1, 0.15) is 11.6 Å². The molecule has 146 valence electrons. The van der Waals surface area contributed by atoms with Gasteiger partial charge in [-0.15, -0.1) is 16.8 Å². The second-order valence-electron chi connectivity index (χ2n) is 6.44. The molecular weight excluding hydrogens is 389 g/mol. The van der Waals surface area contributed by atoms with E-state index in [0.717, 1.165) is 5.56 Å². The normalized spacial score (nSPS) is 12.2. The fourth-order valence-corrected chi connectivity index (χ4v) is 3.91. The SMILES string of the molecule is C=CCn1c(S[C@@H](C)c2nc3ccccc3c(=O)[nH]2)nnc1-c1ccc(F)cc1. The number of H-pyrrole nitrogens is 1. The zero-order valence-electron chi connectivity index (χ0n) is 15.7. The summed E-state index contributed by atoms with van der Waals surface area (Å²) in [6, 6.07) is 13.3. The zero-order valence-corrected chi connectivity index (χ0v) is 16.5. The number of thioether (sulfide) groups is 1. The van der Waals surface area contributed by atoms with Gasteiger partial charge in [0.05, 0.1) is 16.2 Å². The number of aromatic amines is 1. The molecule has 29 heavy (non-hydrogen) atoms. The minimum Gasteiger partial charge on any atom is -0.309 e. The minimum atomic E-state index is -0.307. The highest BCUT2D eigenvalue weighted by Crippen LogP contribution is 2.34. The number of allylic oxidation sites excluding steroid dienone is 1. The van der Waals surface area contributed by atoms with Crippen LogP contribution < -0.4 is 5.56 Å². The van der Waals surface area contributed by atoms with Crippen LogP contribution in [0, 0.1) is 5.82 Å². The van der Waals surface area contributed by atoms with E-state index in [-0.39, 0.29) is 16.6 Å². The van der Waals surface area contributed by atoms with Gasteiger partial charge in [-0.05, 0) is 43.3 Å². The lowest BCUT2D eigenvalue weighted by atomic mass is 10.2. The molecule has 0 aliphatic rings. The molecule has 4 aromatic rings. The van der Waals surface area contributed by atoms with Crippen molar-refractivity contribution in [3.05, 3.63) is 83.2 Å². The molecule has 6 nitrogen and oxygen atoms in total. The molecule has 4 rings (SSSR count). The molecule has 0 saturated carbocycles. The standard InChI is InChI=1S/C21H18FN5OS/c1-3-12-27-19(14-8-10-15(22)11-9-14)25-26-21(27)29-13(2)18-23-17-7-5-4-6-16(17)20(28)24-18/h3-11,13H,1,12H2,2H3,(H,23,24,28)/t13-/m0/s1. The Kier molecular flexibility index (Phi) is 5.26. The zero-order chi connectivity index (χ0) is 20.4. The maximum absolute atomic E-state index is 13.3. The molecule has 2 heterocycles. The van der Waals surface area contributed by atoms with Crippen molar-refractivity contribution in [3.8, 4) is 11.4 Å². The van der Waals surface area contributed by atoms with Crippen LogP contribution in [-0.2, 0) is 6.54 Å². The van der Waals surface area contributed by atoms with Gasteiger partial charge in [0.2, 0.25) is 0 Å². The van der Waals surface area contributed by atoms with Gasteiger partial charge in [-0.1, -0.05) is 30.0 Å². The number of para-hydroxylation sites is 1. The number of nitrogens with one attached hydrogen (secondary N) is 1. The van der Waals surface area contributed by atoms with Crippen LogP contribution in [0.15, 0.2) is 71.1 Å². The lowest BCUT2D eigenvalue weighted by Gasteiger charge is -2.12. The Balaban J connectivity index is 1.68. The number of hydrogen-bond acceptors (Lipinski definition) is 5. The highest BCUT2D eigenvalue weighted by atomic mass is 32.2. The molecule has 0 aliphatic heterocycles. The fourth-order valence-electron chi connectivity index (χ4n) is 2.99. The number of benzene rings is 2. The molecule has 2 aromatic heterocycles. The fraction of sp³-hybridized carbons (Fsp3) is 0.143. The van der Waals surface area contributed by atoms with E-state index in [4.69, 9.17) is 0 Å². The average Bonchev–Trinajstić information content (AvgIpc) is 3.11. The topological polar surface area (TPSA) is 76.5 Å². The first-order valence-corrected chi connectivity index (χ1v) is 9.90. The molecular formula is C21H18FN5OS. The van der Waals surface area contributed by atoms with Crippen molar-refractivity contribution in [2.75, 3.05) is 0 Å². The summed E-state index contributed by atoms with van der Waals surface area (Å²) in [6.07, 6.45) is 1.75. The Morgan fingerprint density at radius 3 is 2.72 bits per heavy atom. The molecule has 0 fully saturated rings. The van der Waals surface area contributed by atoms with Crippen LogP contribution in [0.2, 0.25) is 0 Å². The van der Waals surface area contributed by atoms with E-state index in [9.17, 15) is 9.18 Å². The number of hydrogen-bond donors (Lipinski definition) is 1. The Morgan fingerprint density at radius 1 is 1.21 bits per heavy atom. The number of rotatable bonds is 6. The van der Waals surface area contributed by atoms with Crippen LogP contribution in [0.4, 0.5) is 4.39 Å². The molecule has 0 unspecified atom stereocenters. The van der Waals surface area contributed by atoms with Crippen molar-refractivity contribution in [1.29, 1.82) is 0 Å². The number of fused-ring (bicyclic) bond motifs is 1. The number of nitrogens with zero attached hydrogens (tertiary/aromatic N) is 4. The summed E-state index contributed by atoms with van der Waals surface area (Å²) in [4.78, 5) is 19.8. The Labute approximate surface area is 170 Å².